The molecule has 4 heterocycles. The van der Waals surface area contributed by atoms with Gasteiger partial charge < -0.3 is 18.8 Å². The zero-order chi connectivity index (χ0) is 27.4. The van der Waals surface area contributed by atoms with E-state index >= 15 is 0 Å². The number of aryl methyl sites for hydroxylation is 1. The fourth-order valence-electron chi connectivity index (χ4n) is 5.68. The van der Waals surface area contributed by atoms with E-state index in [9.17, 15) is 18.7 Å². The minimum absolute atomic E-state index is 0.0206. The quantitative estimate of drug-likeness (QED) is 0.512. The van der Waals surface area contributed by atoms with Crippen molar-refractivity contribution in [2.24, 2.45) is 0 Å². The van der Waals surface area contributed by atoms with Crippen LogP contribution in [0.2, 0.25) is 0 Å². The van der Waals surface area contributed by atoms with Gasteiger partial charge >= 0.3 is 6.09 Å². The van der Waals surface area contributed by atoms with Gasteiger partial charge in [0.2, 0.25) is 5.89 Å². The lowest BCUT2D eigenvalue weighted by Gasteiger charge is -2.48. The Labute approximate surface area is 219 Å². The van der Waals surface area contributed by atoms with Crippen LogP contribution in [0, 0.1) is 18.6 Å². The van der Waals surface area contributed by atoms with Gasteiger partial charge in [0.15, 0.2) is 5.82 Å². The maximum atomic E-state index is 14.8. The van der Waals surface area contributed by atoms with Gasteiger partial charge in [0.1, 0.15) is 17.7 Å². The average Bonchev–Trinajstić information content (AvgIpc) is 3.53. The molecule has 1 amide bonds. The number of carbonyl (C=O) groups is 1. The molecule has 0 unspecified atom stereocenters. The third-order valence-electron chi connectivity index (χ3n) is 7.27. The summed E-state index contributed by atoms with van der Waals surface area (Å²) >= 11 is 0. The Hall–Kier alpha value is -3.38. The molecule has 1 fully saturated rings. The molecule has 3 aromatic rings. The lowest BCUT2D eigenvalue weighted by Crippen LogP contribution is -2.58. The van der Waals surface area contributed by atoms with E-state index < -0.39 is 35.4 Å². The summed E-state index contributed by atoms with van der Waals surface area (Å²) in [4.78, 5) is 20.7. The van der Waals surface area contributed by atoms with E-state index in [2.05, 4.69) is 15.1 Å². The van der Waals surface area contributed by atoms with Gasteiger partial charge in [-0.2, -0.15) is 0 Å². The molecule has 12 heteroatoms. The summed E-state index contributed by atoms with van der Waals surface area (Å²) in [5, 5.41) is 18.2. The van der Waals surface area contributed by atoms with Gasteiger partial charge in [-0.3, -0.25) is 9.80 Å². The minimum atomic E-state index is -1.14. The maximum Gasteiger partial charge on any atom is 0.408 e. The molecule has 1 aromatic carbocycles. The number of hydrogen-bond acceptors (Lipinski definition) is 7. The molecule has 2 aliphatic heterocycles. The number of ether oxygens (including phenoxy) is 1. The van der Waals surface area contributed by atoms with Crippen LogP contribution in [0.25, 0.3) is 11.7 Å². The van der Waals surface area contributed by atoms with E-state index in [1.54, 1.807) is 27.7 Å². The molecular weight excluding hydrogens is 498 g/mol. The third kappa shape index (κ3) is 4.66. The zero-order valence-corrected chi connectivity index (χ0v) is 22.1. The van der Waals surface area contributed by atoms with Crippen LogP contribution >= 0.6 is 0 Å². The molecule has 10 nitrogen and oxygen atoms in total. The molecule has 0 radical (unpaired) electrons. The van der Waals surface area contributed by atoms with Crippen LogP contribution in [0.4, 0.5) is 13.6 Å². The van der Waals surface area contributed by atoms with Gasteiger partial charge in [-0.05, 0) is 52.3 Å². The first-order valence-corrected chi connectivity index (χ1v) is 12.7. The Morgan fingerprint density at radius 2 is 2.00 bits per heavy atom. The Morgan fingerprint density at radius 3 is 2.63 bits per heavy atom. The number of carboxylic acid groups (broad SMARTS) is 1. The standard InChI is InChI=1S/C26H32F2N6O4/c1-6-33-21-12-32(11-19(21)29-23(33)24-31-30-14(2)38-24)16-10-20(34(25(35)36)26(3,4)5)22(37-13-16)17-9-15(27)7-8-18(17)28/h7-9,16,20,22H,6,10-13H2,1-5H3,(H,35,36)/t16-,20+,22-/m1/s1. The molecule has 0 bridgehead atoms. The highest BCUT2D eigenvalue weighted by Crippen LogP contribution is 2.40. The average molecular weight is 531 g/mol. The first-order valence-electron chi connectivity index (χ1n) is 12.7. The van der Waals surface area contributed by atoms with Crippen molar-refractivity contribution in [3.8, 4) is 11.7 Å². The lowest BCUT2D eigenvalue weighted by molar-refractivity contribution is -0.103. The second kappa shape index (κ2) is 9.73. The second-order valence-electron chi connectivity index (χ2n) is 10.8. The van der Waals surface area contributed by atoms with Crippen LogP contribution in [-0.4, -0.2) is 65.0 Å². The van der Waals surface area contributed by atoms with Crippen molar-refractivity contribution in [1.29, 1.82) is 0 Å². The van der Waals surface area contributed by atoms with Crippen molar-refractivity contribution in [3.05, 3.63) is 52.7 Å². The van der Waals surface area contributed by atoms with E-state index in [1.807, 2.05) is 11.5 Å². The molecule has 0 spiro atoms. The predicted octanol–water partition coefficient (Wildman–Crippen LogP) is 4.53. The van der Waals surface area contributed by atoms with E-state index in [4.69, 9.17) is 14.1 Å². The van der Waals surface area contributed by atoms with Crippen LogP contribution in [-0.2, 0) is 24.4 Å². The van der Waals surface area contributed by atoms with Crippen molar-refractivity contribution in [2.45, 2.75) is 84.4 Å². The zero-order valence-electron chi connectivity index (χ0n) is 22.1. The van der Waals surface area contributed by atoms with Crippen molar-refractivity contribution in [1.82, 2.24) is 29.5 Å². The lowest BCUT2D eigenvalue weighted by atomic mass is 9.88. The number of nitrogens with zero attached hydrogens (tertiary/aromatic N) is 6. The highest BCUT2D eigenvalue weighted by Gasteiger charge is 2.46. The Kier molecular flexibility index (Phi) is 6.72. The summed E-state index contributed by atoms with van der Waals surface area (Å²) in [6, 6.07) is 2.29. The smallest absolute Gasteiger partial charge is 0.408 e. The summed E-state index contributed by atoms with van der Waals surface area (Å²) < 4.78 is 42.8. The van der Waals surface area contributed by atoms with Gasteiger partial charge in [0.25, 0.3) is 5.89 Å². The molecule has 38 heavy (non-hydrogen) atoms. The number of fused-ring (bicyclic) bond motifs is 1. The molecule has 0 aliphatic carbocycles. The Bertz CT molecular complexity index is 1350. The Balaban J connectivity index is 1.44. The summed E-state index contributed by atoms with van der Waals surface area (Å²) in [5.74, 6) is 0.227. The predicted molar refractivity (Wildman–Crippen MR) is 132 cm³/mol. The first kappa shape index (κ1) is 26.2. The van der Waals surface area contributed by atoms with E-state index in [0.29, 0.717) is 43.7 Å². The fourth-order valence-corrected chi connectivity index (χ4v) is 5.68. The van der Waals surface area contributed by atoms with Crippen LogP contribution in [0.5, 0.6) is 0 Å². The van der Waals surface area contributed by atoms with E-state index in [0.717, 1.165) is 29.6 Å². The van der Waals surface area contributed by atoms with Gasteiger partial charge in [-0.1, -0.05) is 0 Å². The summed E-state index contributed by atoms with van der Waals surface area (Å²) in [6.07, 6.45) is -1.70. The first-order chi connectivity index (χ1) is 18.0. The van der Waals surface area contributed by atoms with Gasteiger partial charge in [-0.15, -0.1) is 10.2 Å². The number of aromatic nitrogens is 4. The second-order valence-corrected chi connectivity index (χ2v) is 10.8. The van der Waals surface area contributed by atoms with E-state index in [1.165, 1.54) is 4.90 Å². The maximum absolute atomic E-state index is 14.8. The number of hydrogen-bond donors (Lipinski definition) is 1. The van der Waals surface area contributed by atoms with Gasteiger partial charge in [0.05, 0.1) is 24.0 Å². The Morgan fingerprint density at radius 1 is 1.24 bits per heavy atom. The highest BCUT2D eigenvalue weighted by molar-refractivity contribution is 5.66. The highest BCUT2D eigenvalue weighted by atomic mass is 19.1. The van der Waals surface area contributed by atoms with Gasteiger partial charge in [0, 0.05) is 43.7 Å². The van der Waals surface area contributed by atoms with Crippen LogP contribution in [0.15, 0.2) is 22.6 Å². The molecule has 204 valence electrons. The number of halogens is 2. The van der Waals surface area contributed by atoms with Crippen LogP contribution in [0.3, 0.4) is 0 Å². The molecular formula is C26H32F2N6O4. The summed E-state index contributed by atoms with van der Waals surface area (Å²) in [5.41, 5.74) is 1.14. The SMILES string of the molecule is CCn1c(-c2nnc(C)o2)nc2c1CN([C@H]1CO[C@H](c3cc(F)ccc3F)[C@@H](N(C(=O)O)C(C)(C)C)C1)C2. The molecule has 1 saturated heterocycles. The fraction of sp³-hybridized carbons (Fsp3) is 0.538. The molecule has 3 atom stereocenters. The summed E-state index contributed by atoms with van der Waals surface area (Å²) in [6.45, 7) is 11.1. The van der Waals surface area contributed by atoms with Crippen molar-refractivity contribution in [3.63, 3.8) is 0 Å². The van der Waals surface area contributed by atoms with Gasteiger partial charge in [-0.25, -0.2) is 18.6 Å². The van der Waals surface area contributed by atoms with Crippen LogP contribution < -0.4 is 0 Å². The number of amides is 1. The number of rotatable bonds is 5. The normalized spacial score (nSPS) is 22.0. The molecule has 1 N–H and O–H groups in total. The largest absolute Gasteiger partial charge is 0.465 e. The van der Waals surface area contributed by atoms with Crippen molar-refractivity contribution >= 4 is 6.09 Å². The van der Waals surface area contributed by atoms with Crippen molar-refractivity contribution in [2.75, 3.05) is 6.61 Å². The molecule has 0 saturated carbocycles. The number of benzene rings is 1. The number of imidazole rings is 1. The summed E-state index contributed by atoms with van der Waals surface area (Å²) in [7, 11) is 0. The monoisotopic (exact) mass is 530 g/mol. The molecule has 5 rings (SSSR count). The minimum Gasteiger partial charge on any atom is -0.465 e. The van der Waals surface area contributed by atoms with Crippen molar-refractivity contribution < 1.29 is 27.8 Å². The molecule has 2 aromatic heterocycles. The topological polar surface area (TPSA) is 110 Å². The molecule has 2 aliphatic rings. The van der Waals surface area contributed by atoms with E-state index in [-0.39, 0.29) is 18.2 Å². The van der Waals surface area contributed by atoms with Crippen LogP contribution in [0.1, 0.15) is 63.1 Å². The third-order valence-corrected chi connectivity index (χ3v) is 7.27.